The van der Waals surface area contributed by atoms with Gasteiger partial charge in [-0.25, -0.2) is 0 Å². The summed E-state index contributed by atoms with van der Waals surface area (Å²) in [4.78, 5) is 0. The highest BCUT2D eigenvalue weighted by Crippen LogP contribution is 2.79. The average molecular weight is 254 g/mol. The van der Waals surface area contributed by atoms with E-state index in [1.54, 1.807) is 0 Å². The zero-order valence-corrected chi connectivity index (χ0v) is 10.5. The second-order valence-electron chi connectivity index (χ2n) is 5.77. The number of rotatable bonds is 3. The molecule has 0 aromatic carbocycles. The average Bonchev–Trinajstić information content (AvgIpc) is 3.34. The van der Waals surface area contributed by atoms with Crippen molar-refractivity contribution in [2.75, 3.05) is 0 Å². The van der Waals surface area contributed by atoms with E-state index < -0.39 is 16.8 Å². The Balaban J connectivity index is 1.81. The van der Waals surface area contributed by atoms with Gasteiger partial charge in [0.15, 0.2) is 16.8 Å². The van der Waals surface area contributed by atoms with E-state index in [1.165, 1.54) is 0 Å². The molecule has 1 spiro atoms. The first-order valence-electron chi connectivity index (χ1n) is 6.53. The number of hydrogen-bond donors (Lipinski definition) is 0. The van der Waals surface area contributed by atoms with Crippen molar-refractivity contribution >= 4 is 0 Å². The van der Waals surface area contributed by atoms with Crippen molar-refractivity contribution in [3.63, 3.8) is 0 Å². The number of allylic oxidation sites excluding steroid dienone is 2. The van der Waals surface area contributed by atoms with Crippen LogP contribution in [0.4, 0.5) is 0 Å². The summed E-state index contributed by atoms with van der Waals surface area (Å²) in [5, 5.41) is 0. The van der Waals surface area contributed by atoms with Crippen molar-refractivity contribution in [2.45, 2.75) is 34.6 Å². The van der Waals surface area contributed by atoms with Gasteiger partial charge in [-0.2, -0.15) is 0 Å². The monoisotopic (exact) mass is 254 g/mol. The van der Waals surface area contributed by atoms with Gasteiger partial charge >= 0.3 is 0 Å². The molecule has 0 amide bonds. The maximum atomic E-state index is 6.15. The van der Waals surface area contributed by atoms with Crippen LogP contribution in [0.25, 0.3) is 0 Å². The first-order valence-corrected chi connectivity index (χ1v) is 6.53. The van der Waals surface area contributed by atoms with Crippen LogP contribution in [0, 0.1) is 0 Å². The molecule has 0 aromatic heterocycles. The highest BCUT2D eigenvalue weighted by molar-refractivity contribution is 5.67. The molecular weight excluding hydrogens is 240 g/mol. The molecule has 2 aliphatic carbocycles. The first kappa shape index (κ1) is 10.4. The zero-order chi connectivity index (χ0) is 13.1. The molecule has 3 heteroatoms. The fourth-order valence-corrected chi connectivity index (χ4v) is 4.39. The SMILES string of the molecule is C=CC12OC1(C=C)C1(C=C)OC1C13OC1C=CC=C32. The lowest BCUT2D eigenvalue weighted by Gasteiger charge is -2.31. The van der Waals surface area contributed by atoms with Gasteiger partial charge in [0.2, 0.25) is 0 Å². The number of epoxide rings is 3. The molecule has 0 radical (unpaired) electrons. The molecule has 96 valence electrons. The quantitative estimate of drug-likeness (QED) is 0.569. The van der Waals surface area contributed by atoms with Gasteiger partial charge in [-0.3, -0.25) is 0 Å². The summed E-state index contributed by atoms with van der Waals surface area (Å²) < 4.78 is 18.2. The molecule has 6 unspecified atom stereocenters. The maximum Gasteiger partial charge on any atom is 0.159 e. The van der Waals surface area contributed by atoms with Crippen molar-refractivity contribution in [1.29, 1.82) is 0 Å². The highest BCUT2D eigenvalue weighted by Gasteiger charge is 2.97. The van der Waals surface area contributed by atoms with Crippen LogP contribution in [0.15, 0.2) is 61.8 Å². The van der Waals surface area contributed by atoms with Gasteiger partial charge in [0.05, 0.1) is 0 Å². The molecule has 5 rings (SSSR count). The molecule has 3 saturated heterocycles. The van der Waals surface area contributed by atoms with Crippen molar-refractivity contribution in [3.8, 4) is 0 Å². The summed E-state index contributed by atoms with van der Waals surface area (Å²) in [6, 6.07) is 0. The van der Waals surface area contributed by atoms with E-state index in [1.807, 2.05) is 24.3 Å². The molecular formula is C16H14O3. The molecule has 6 atom stereocenters. The van der Waals surface area contributed by atoms with Crippen LogP contribution in [-0.2, 0) is 14.2 Å². The third kappa shape index (κ3) is 0.688. The standard InChI is InChI=1S/C16H14O3/c1-4-13-10-8-7-9-11-16(10,17-11)12-14(5-2,18-12)15(13,6-3)19-13/h4-9,11-12H,1-3H2. The van der Waals surface area contributed by atoms with E-state index in [4.69, 9.17) is 14.2 Å². The third-order valence-corrected chi connectivity index (χ3v) is 5.38. The predicted octanol–water partition coefficient (Wildman–Crippen LogP) is 1.84. The fraction of sp³-hybridized carbons (Fsp3) is 0.375. The summed E-state index contributed by atoms with van der Waals surface area (Å²) >= 11 is 0. The number of ether oxygens (including phenoxy) is 3. The van der Waals surface area contributed by atoms with Gasteiger partial charge in [-0.1, -0.05) is 49.6 Å². The molecule has 3 nitrogen and oxygen atoms in total. The van der Waals surface area contributed by atoms with Gasteiger partial charge < -0.3 is 14.2 Å². The van der Waals surface area contributed by atoms with E-state index in [0.717, 1.165) is 5.57 Å². The molecule has 19 heavy (non-hydrogen) atoms. The largest absolute Gasteiger partial charge is 0.354 e. The minimum absolute atomic E-state index is 0.0349. The third-order valence-electron chi connectivity index (χ3n) is 5.38. The molecule has 3 heterocycles. The lowest BCUT2D eigenvalue weighted by atomic mass is 9.62. The highest BCUT2D eigenvalue weighted by atomic mass is 16.7. The molecule has 4 fully saturated rings. The van der Waals surface area contributed by atoms with Gasteiger partial charge in [0, 0.05) is 5.57 Å². The molecule has 0 bridgehead atoms. The van der Waals surface area contributed by atoms with Gasteiger partial charge in [-0.15, -0.1) is 6.58 Å². The van der Waals surface area contributed by atoms with E-state index in [-0.39, 0.29) is 17.8 Å². The second kappa shape index (κ2) is 2.44. The van der Waals surface area contributed by atoms with Crippen LogP contribution in [0.3, 0.4) is 0 Å². The summed E-state index contributed by atoms with van der Waals surface area (Å²) in [6.07, 6.45) is 11.7. The number of fused-ring (bicyclic) bond motifs is 4. The number of hydrogen-bond acceptors (Lipinski definition) is 3. The van der Waals surface area contributed by atoms with Crippen LogP contribution in [0.2, 0.25) is 0 Å². The van der Waals surface area contributed by atoms with Crippen molar-refractivity contribution < 1.29 is 14.2 Å². The van der Waals surface area contributed by atoms with E-state index in [9.17, 15) is 0 Å². The Labute approximate surface area is 111 Å². The maximum absolute atomic E-state index is 6.15. The van der Waals surface area contributed by atoms with Crippen molar-refractivity contribution in [2.24, 2.45) is 0 Å². The van der Waals surface area contributed by atoms with Crippen LogP contribution >= 0.6 is 0 Å². The van der Waals surface area contributed by atoms with Gasteiger partial charge in [0.25, 0.3) is 0 Å². The van der Waals surface area contributed by atoms with Crippen LogP contribution in [0.1, 0.15) is 0 Å². The first-order chi connectivity index (χ1) is 9.17. The summed E-state index contributed by atoms with van der Waals surface area (Å²) in [6.45, 7) is 11.9. The lowest BCUT2D eigenvalue weighted by Crippen LogP contribution is -2.52. The van der Waals surface area contributed by atoms with Crippen LogP contribution in [-0.4, -0.2) is 34.6 Å². The Morgan fingerprint density at radius 2 is 1.95 bits per heavy atom. The summed E-state index contributed by atoms with van der Waals surface area (Å²) in [5.41, 5.74) is -0.926. The summed E-state index contributed by atoms with van der Waals surface area (Å²) in [7, 11) is 0. The van der Waals surface area contributed by atoms with E-state index >= 15 is 0 Å². The molecule has 5 aliphatic rings. The molecule has 0 N–H and O–H groups in total. The lowest BCUT2D eigenvalue weighted by molar-refractivity contribution is 0.204. The minimum Gasteiger partial charge on any atom is -0.354 e. The smallest absolute Gasteiger partial charge is 0.159 e. The van der Waals surface area contributed by atoms with E-state index in [0.29, 0.717) is 0 Å². The minimum atomic E-state index is -0.576. The van der Waals surface area contributed by atoms with Gasteiger partial charge in [0.1, 0.15) is 17.8 Å². The van der Waals surface area contributed by atoms with E-state index in [2.05, 4.69) is 31.9 Å². The molecule has 3 aliphatic heterocycles. The van der Waals surface area contributed by atoms with Crippen LogP contribution < -0.4 is 0 Å². The molecule has 1 saturated carbocycles. The van der Waals surface area contributed by atoms with Gasteiger partial charge in [-0.05, 0) is 0 Å². The van der Waals surface area contributed by atoms with Crippen molar-refractivity contribution in [1.82, 2.24) is 0 Å². The predicted molar refractivity (Wildman–Crippen MR) is 69.6 cm³/mol. The topological polar surface area (TPSA) is 37.6 Å². The Morgan fingerprint density at radius 1 is 1.11 bits per heavy atom. The van der Waals surface area contributed by atoms with Crippen LogP contribution in [0.5, 0.6) is 0 Å². The Morgan fingerprint density at radius 3 is 2.63 bits per heavy atom. The van der Waals surface area contributed by atoms with Crippen molar-refractivity contribution in [3.05, 3.63) is 61.8 Å². The normalized spacial score (nSPS) is 61.6. The molecule has 0 aromatic rings. The Bertz CT molecular complexity index is 630. The fourth-order valence-electron chi connectivity index (χ4n) is 4.39. The summed E-state index contributed by atoms with van der Waals surface area (Å²) in [5.74, 6) is 0. The Hall–Kier alpha value is -1.42. The second-order valence-corrected chi connectivity index (χ2v) is 5.77. The Kier molecular flexibility index (Phi) is 1.33. The zero-order valence-electron chi connectivity index (χ0n) is 10.5.